The van der Waals surface area contributed by atoms with Crippen LogP contribution in [0, 0.1) is 82.7 Å². The summed E-state index contributed by atoms with van der Waals surface area (Å²) in [7, 11) is 9.34. The molecule has 0 aliphatic carbocycles. The Morgan fingerprint density at radius 2 is 0.724 bits per heavy atom. The van der Waals surface area contributed by atoms with Crippen molar-refractivity contribution in [1.29, 1.82) is 0 Å². The highest BCUT2D eigenvalue weighted by Gasteiger charge is 2.18. The maximum Gasteiger partial charge on any atom is 0.212 e. The molecule has 5 aromatic carbocycles. The molecule has 5 nitrogen and oxygen atoms in total. The van der Waals surface area contributed by atoms with Gasteiger partial charge in [0.1, 0.15) is 35.2 Å². The SMILES string of the molecule is Cc1cc(-c2ccc(C(C)C)cc2C)[n+](C)cc1C.[2H]C([2H])([2H])Cc1ccc(-c2ccc(C([2H])([2H])[2H])c[n+]2C)c(C)c1.[2H]C([2H])([2H])c1ccc(-c2ccc(C([2H])(C)C([2H])([2H])[2H])cc2C)[n+](C)c1.[2H]C([2H])([2H])c1ccc(-c2ccc(C([2H])([2H])C)c[n+]2C)c(C)c1.[2H]C([2H])([2H])c1ccc(-c2ccc(C([2H])([2H])[2H])c[n+]2C)c(C)c1. The van der Waals surface area contributed by atoms with Gasteiger partial charge in [-0.05, 0) is 212 Å². The molecule has 0 amide bonds. The summed E-state index contributed by atoms with van der Waals surface area (Å²) in [5.41, 5.74) is 21.9. The summed E-state index contributed by atoms with van der Waals surface area (Å²) in [6.45, 7) is 6.38. The lowest BCUT2D eigenvalue weighted by atomic mass is 9.95. The number of aryl methyl sites for hydroxylation is 19. The van der Waals surface area contributed by atoms with Gasteiger partial charge in [0.2, 0.25) is 28.5 Å². The first-order valence-electron chi connectivity index (χ1n) is 41.1. The van der Waals surface area contributed by atoms with E-state index in [1.807, 2.05) is 69.6 Å². The van der Waals surface area contributed by atoms with E-state index in [-0.39, 0.29) is 17.5 Å². The molecule has 0 radical (unpaired) electrons. The highest BCUT2D eigenvalue weighted by molar-refractivity contribution is 5.65. The molecule has 87 heavy (non-hydrogen) atoms. The molecule has 1 unspecified atom stereocenters. The average Bonchev–Trinajstić information content (AvgIpc) is 0.792. The zero-order valence-corrected chi connectivity index (χ0v) is 53.8. The molecule has 10 rings (SSSR count). The monoisotopic (exact) mass is 1180 g/mol. The van der Waals surface area contributed by atoms with Gasteiger partial charge in [-0.15, -0.1) is 0 Å². The number of pyridine rings is 5. The third kappa shape index (κ3) is 18.2. The van der Waals surface area contributed by atoms with Crippen molar-refractivity contribution in [3.8, 4) is 56.3 Å². The van der Waals surface area contributed by atoms with Crippen LogP contribution >= 0.6 is 0 Å². The van der Waals surface area contributed by atoms with Crippen molar-refractivity contribution in [1.82, 2.24) is 0 Å². The molecule has 0 aliphatic rings. The highest BCUT2D eigenvalue weighted by atomic mass is 14.9. The van der Waals surface area contributed by atoms with E-state index in [2.05, 4.69) is 76.7 Å². The Labute approximate surface area is 560 Å². The lowest BCUT2D eigenvalue weighted by Crippen LogP contribution is -2.31. The molecular weight excluding hydrogens is 1050 g/mol. The minimum Gasteiger partial charge on any atom is -0.201 e. The van der Waals surface area contributed by atoms with Crippen molar-refractivity contribution < 1.29 is 55.7 Å². The van der Waals surface area contributed by atoms with Gasteiger partial charge in [0.25, 0.3) is 0 Å². The fourth-order valence-corrected chi connectivity index (χ4v) is 10.4. The van der Waals surface area contributed by atoms with Crippen LogP contribution in [0.4, 0.5) is 0 Å². The van der Waals surface area contributed by atoms with E-state index in [0.29, 0.717) is 33.7 Å². The normalized spacial score (nSPS) is 16.7. The van der Waals surface area contributed by atoms with Crippen LogP contribution in [0.2, 0.25) is 0 Å². The van der Waals surface area contributed by atoms with E-state index in [4.69, 9.17) is 32.9 Å². The number of hydrogen-bond acceptors (Lipinski definition) is 0. The molecule has 1 atom stereocenters. The number of nitrogens with zero attached hydrogens (tertiary/aromatic N) is 5. The largest absolute Gasteiger partial charge is 0.212 e. The molecule has 0 N–H and O–H groups in total. The van der Waals surface area contributed by atoms with E-state index in [1.165, 1.54) is 47.4 Å². The molecule has 10 aromatic rings. The van der Waals surface area contributed by atoms with Crippen molar-refractivity contribution in [2.24, 2.45) is 35.2 Å². The summed E-state index contributed by atoms with van der Waals surface area (Å²) in [5, 5.41) is 0. The molecule has 5 aromatic heterocycles. The average molecular weight is 1180 g/mol. The van der Waals surface area contributed by atoms with E-state index in [1.54, 1.807) is 151 Å². The first-order valence-corrected chi connectivity index (χ1v) is 29.1. The van der Waals surface area contributed by atoms with Gasteiger partial charge in [0.05, 0.1) is 0 Å². The first kappa shape index (κ1) is 41.1. The lowest BCUT2D eigenvalue weighted by Gasteiger charge is -2.11. The molecule has 5 heterocycles. The maximum atomic E-state index is 8.20. The van der Waals surface area contributed by atoms with Crippen molar-refractivity contribution >= 4 is 0 Å². The van der Waals surface area contributed by atoms with Gasteiger partial charge in [0.15, 0.2) is 31.0 Å². The third-order valence-corrected chi connectivity index (χ3v) is 15.5. The van der Waals surface area contributed by atoms with Crippen LogP contribution in [-0.2, 0) is 48.0 Å². The van der Waals surface area contributed by atoms with Gasteiger partial charge < -0.3 is 0 Å². The van der Waals surface area contributed by atoms with Crippen LogP contribution < -0.4 is 22.8 Å². The molecule has 5 heteroatoms. The smallest absolute Gasteiger partial charge is 0.201 e. The van der Waals surface area contributed by atoms with Crippen LogP contribution in [0.5, 0.6) is 0 Å². The topological polar surface area (TPSA) is 19.4 Å². The highest BCUT2D eigenvalue weighted by Crippen LogP contribution is 2.29. The first-order chi connectivity index (χ1) is 50.6. The molecule has 0 aliphatic heterocycles. The van der Waals surface area contributed by atoms with Crippen molar-refractivity contribution in [2.75, 3.05) is 0 Å². The number of hydrogen-bond donors (Lipinski definition) is 0. The van der Waals surface area contributed by atoms with Gasteiger partial charge in [-0.3, -0.25) is 0 Å². The molecule has 452 valence electrons. The molecule has 0 saturated carbocycles. The van der Waals surface area contributed by atoms with Crippen molar-refractivity contribution in [3.63, 3.8) is 0 Å². The summed E-state index contributed by atoms with van der Waals surface area (Å²) in [5.74, 6) is -1.11. The van der Waals surface area contributed by atoms with E-state index >= 15 is 0 Å². The molecule has 0 bridgehead atoms. The summed E-state index contributed by atoms with van der Waals surface area (Å²) in [6.07, 6.45) is 7.39. The summed E-state index contributed by atoms with van der Waals surface area (Å²) < 4.78 is 190. The van der Waals surface area contributed by atoms with E-state index in [0.717, 1.165) is 72.8 Å². The number of benzene rings is 5. The minimum atomic E-state index is -2.42. The molecule has 0 spiro atoms. The van der Waals surface area contributed by atoms with Gasteiger partial charge in [-0.2, -0.15) is 0 Å². The van der Waals surface area contributed by atoms with Crippen molar-refractivity contribution in [3.05, 3.63) is 266 Å². The quantitative estimate of drug-likeness (QED) is 0.128. The zero-order chi connectivity index (χ0) is 84.2. The second-order valence-electron chi connectivity index (χ2n) is 22.8. The Morgan fingerprint density at radius 3 is 1.11 bits per heavy atom. The van der Waals surface area contributed by atoms with Gasteiger partial charge in [-0.1, -0.05) is 113 Å². The minimum absolute atomic E-state index is 0.0399. The van der Waals surface area contributed by atoms with Crippen LogP contribution in [-0.4, -0.2) is 0 Å². The number of rotatable bonds is 9. The lowest BCUT2D eigenvalue weighted by molar-refractivity contribution is -0.660. The molecular formula is C82H104N5+5. The van der Waals surface area contributed by atoms with Gasteiger partial charge in [-0.25, -0.2) is 22.8 Å². The second kappa shape index (κ2) is 31.0. The Bertz CT molecular complexity index is 4700. The fraction of sp³-hybridized carbons (Fsp3) is 0.329. The number of aromatic nitrogens is 5. The predicted octanol–water partition coefficient (Wildman–Crippen LogP) is 18.0. The Kier molecular flexibility index (Phi) is 14.6. The summed E-state index contributed by atoms with van der Waals surface area (Å²) in [6, 6.07) is 43.7. The van der Waals surface area contributed by atoms with Crippen LogP contribution in [0.1, 0.15) is 175 Å². The Balaban J connectivity index is 0.000000217. The Morgan fingerprint density at radius 1 is 0.356 bits per heavy atom. The van der Waals surface area contributed by atoms with E-state index in [9.17, 15) is 0 Å². The zero-order valence-electron chi connectivity index (χ0n) is 77.8. The van der Waals surface area contributed by atoms with Crippen LogP contribution in [0.25, 0.3) is 56.3 Å². The van der Waals surface area contributed by atoms with Crippen LogP contribution in [0.15, 0.2) is 177 Å². The second-order valence-corrected chi connectivity index (χ2v) is 22.8. The summed E-state index contributed by atoms with van der Waals surface area (Å²) >= 11 is 0. The molecule has 0 saturated heterocycles. The fourth-order valence-electron chi connectivity index (χ4n) is 10.4. The van der Waals surface area contributed by atoms with Crippen molar-refractivity contribution in [2.45, 2.75) is 149 Å². The molecule has 0 fully saturated rings. The standard InChI is InChI=1S/C18H24N.C17H22N.2C16H20N.C15H18N/c1-12(2)16-7-8-17(14(4)9-16)18-10-13(3)15(5)11-19(18)6;1-12(2)15-7-8-16(14(4)10-15)17-9-6-13(3)11-18(17)5;1-5-14-7-8-15(13(3)10-14)16-9-6-12(2)11-17(16)4;1-5-14-7-9-16(17(4)11-14)15-8-6-12(2)10-13(15)3;1-11-5-7-14(13(3)9-11)15-8-6-12(2)10-16(15)4/h7-12H,1-6H3;6-12H,1-5H3;2*6-11H,5H2,1-4H3;5-10H,1-4H3/q5*+1/i;1D3,3D3,12D;1D3,2D3;2D3,5D2;1D3,2D3. The van der Waals surface area contributed by atoms with Crippen LogP contribution in [0.3, 0.4) is 0 Å². The van der Waals surface area contributed by atoms with E-state index < -0.39 is 60.2 Å². The maximum absolute atomic E-state index is 8.20. The predicted molar refractivity (Wildman–Crippen MR) is 369 cm³/mol. The van der Waals surface area contributed by atoms with Gasteiger partial charge >= 0.3 is 0 Å². The van der Waals surface area contributed by atoms with Gasteiger partial charge in [0, 0.05) is 119 Å². The third-order valence-electron chi connectivity index (χ3n) is 15.5. The summed E-state index contributed by atoms with van der Waals surface area (Å²) in [4.78, 5) is 0. The Hall–Kier alpha value is -8.15.